The molecule has 2 N–H and O–H groups in total. The van der Waals surface area contributed by atoms with E-state index in [4.69, 9.17) is 15.2 Å². The van der Waals surface area contributed by atoms with Gasteiger partial charge in [-0.1, -0.05) is 0 Å². The van der Waals surface area contributed by atoms with Gasteiger partial charge in [-0.15, -0.1) is 0 Å². The van der Waals surface area contributed by atoms with Crippen LogP contribution >= 0.6 is 0 Å². The van der Waals surface area contributed by atoms with Crippen LogP contribution in [0.2, 0.25) is 0 Å². The molecule has 0 bridgehead atoms. The number of nitrogens with zero attached hydrogens (tertiary/aromatic N) is 1. The minimum absolute atomic E-state index is 0.0664. The van der Waals surface area contributed by atoms with Crippen molar-refractivity contribution < 1.29 is 19.0 Å². The number of nitrogen functional groups attached to an aromatic ring is 1. The summed E-state index contributed by atoms with van der Waals surface area (Å²) in [5.74, 6) is -0.254. The summed E-state index contributed by atoms with van der Waals surface area (Å²) in [7, 11) is 1.30. The van der Waals surface area contributed by atoms with Crippen LogP contribution in [0.1, 0.15) is 29.6 Å². The van der Waals surface area contributed by atoms with Gasteiger partial charge in [0, 0.05) is 12.8 Å². The first kappa shape index (κ1) is 13.6. The van der Waals surface area contributed by atoms with E-state index in [1.807, 2.05) is 0 Å². The van der Waals surface area contributed by atoms with E-state index in [2.05, 4.69) is 9.72 Å². The molecular formula is C13H18N2O4. The lowest BCUT2D eigenvalue weighted by Crippen LogP contribution is -2.26. The maximum Gasteiger partial charge on any atom is 0.340 e. The highest BCUT2D eigenvalue weighted by Gasteiger charge is 2.18. The smallest absolute Gasteiger partial charge is 0.340 e. The molecule has 0 amide bonds. The molecule has 0 aromatic carbocycles. The second-order valence-electron chi connectivity index (χ2n) is 4.37. The number of rotatable bonds is 4. The molecule has 0 spiro atoms. The van der Waals surface area contributed by atoms with Crippen molar-refractivity contribution in [2.45, 2.75) is 25.4 Å². The number of esters is 1. The number of carbonyl (C=O) groups is 1. The molecule has 1 unspecified atom stereocenters. The molecule has 1 aromatic heterocycles. The molecule has 6 heteroatoms. The van der Waals surface area contributed by atoms with Crippen molar-refractivity contribution in [2.24, 2.45) is 0 Å². The zero-order chi connectivity index (χ0) is 13.7. The van der Waals surface area contributed by atoms with Crippen LogP contribution in [-0.4, -0.2) is 37.4 Å². The number of ether oxygens (including phenoxy) is 3. The van der Waals surface area contributed by atoms with E-state index in [-0.39, 0.29) is 23.2 Å². The van der Waals surface area contributed by atoms with Crippen molar-refractivity contribution in [3.8, 4) is 5.88 Å². The van der Waals surface area contributed by atoms with E-state index < -0.39 is 5.97 Å². The third-order valence-electron chi connectivity index (χ3n) is 3.04. The van der Waals surface area contributed by atoms with Crippen LogP contribution in [0.5, 0.6) is 5.88 Å². The summed E-state index contributed by atoms with van der Waals surface area (Å²) in [5.41, 5.74) is 6.31. The zero-order valence-electron chi connectivity index (χ0n) is 10.9. The van der Waals surface area contributed by atoms with Crippen molar-refractivity contribution in [2.75, 3.05) is 26.1 Å². The fourth-order valence-corrected chi connectivity index (χ4v) is 1.97. The van der Waals surface area contributed by atoms with Gasteiger partial charge in [0.2, 0.25) is 5.88 Å². The third-order valence-corrected chi connectivity index (χ3v) is 3.04. The average molecular weight is 266 g/mol. The Morgan fingerprint density at radius 2 is 2.42 bits per heavy atom. The second-order valence-corrected chi connectivity index (χ2v) is 4.37. The number of aromatic nitrogens is 1. The van der Waals surface area contributed by atoms with E-state index in [9.17, 15) is 4.79 Å². The number of methoxy groups -OCH3 is 1. The SMILES string of the molecule is COC(=O)c1ccnc(OCC2CCCCO2)c1N. The Hall–Kier alpha value is -1.82. The Morgan fingerprint density at radius 1 is 1.58 bits per heavy atom. The lowest BCUT2D eigenvalue weighted by Gasteiger charge is -2.22. The number of nitrogens with two attached hydrogens (primary N) is 1. The largest absolute Gasteiger partial charge is 0.473 e. The van der Waals surface area contributed by atoms with Gasteiger partial charge in [-0.2, -0.15) is 0 Å². The van der Waals surface area contributed by atoms with E-state index in [1.54, 1.807) is 0 Å². The first-order chi connectivity index (χ1) is 9.22. The van der Waals surface area contributed by atoms with E-state index in [0.717, 1.165) is 25.9 Å². The molecule has 0 aliphatic carbocycles. The fraction of sp³-hybridized carbons (Fsp3) is 0.538. The predicted molar refractivity (Wildman–Crippen MR) is 69.1 cm³/mol. The minimum atomic E-state index is -0.501. The summed E-state index contributed by atoms with van der Waals surface area (Å²) in [6, 6.07) is 1.51. The molecule has 6 nitrogen and oxygen atoms in total. The van der Waals surface area contributed by atoms with Gasteiger partial charge in [-0.3, -0.25) is 0 Å². The van der Waals surface area contributed by atoms with Crippen molar-refractivity contribution >= 4 is 11.7 Å². The van der Waals surface area contributed by atoms with Gasteiger partial charge in [0.15, 0.2) is 0 Å². The van der Waals surface area contributed by atoms with Gasteiger partial charge < -0.3 is 19.9 Å². The summed E-state index contributed by atoms with van der Waals surface area (Å²) in [6.07, 6.45) is 4.74. The molecule has 2 heterocycles. The highest BCUT2D eigenvalue weighted by molar-refractivity contribution is 5.95. The highest BCUT2D eigenvalue weighted by atomic mass is 16.5. The Labute approximate surface area is 111 Å². The molecule has 1 saturated heterocycles. The lowest BCUT2D eigenvalue weighted by molar-refractivity contribution is -0.0117. The van der Waals surface area contributed by atoms with Crippen LogP contribution in [0, 0.1) is 0 Å². The van der Waals surface area contributed by atoms with Gasteiger partial charge >= 0.3 is 5.97 Å². The number of pyridine rings is 1. The number of hydrogen-bond donors (Lipinski definition) is 1. The molecule has 1 aromatic rings. The summed E-state index contributed by atoms with van der Waals surface area (Å²) in [6.45, 7) is 1.15. The Bertz CT molecular complexity index is 444. The monoisotopic (exact) mass is 266 g/mol. The third kappa shape index (κ3) is 3.35. The standard InChI is InChI=1S/C13H18N2O4/c1-17-13(16)10-5-6-15-12(11(10)14)19-8-9-4-2-3-7-18-9/h5-6,9H,2-4,7-8,14H2,1H3. The Morgan fingerprint density at radius 3 is 3.11 bits per heavy atom. The molecule has 1 aliphatic heterocycles. The van der Waals surface area contributed by atoms with Crippen molar-refractivity contribution in [1.82, 2.24) is 4.98 Å². The quantitative estimate of drug-likeness (QED) is 0.829. The van der Waals surface area contributed by atoms with Crippen LogP contribution in [0.4, 0.5) is 5.69 Å². The van der Waals surface area contributed by atoms with E-state index in [1.165, 1.54) is 19.4 Å². The Kier molecular flexibility index (Phi) is 4.57. The molecular weight excluding hydrogens is 248 g/mol. The fourth-order valence-electron chi connectivity index (χ4n) is 1.97. The summed E-state index contributed by atoms with van der Waals surface area (Å²) in [5, 5.41) is 0. The average Bonchev–Trinajstić information content (AvgIpc) is 2.46. The summed E-state index contributed by atoms with van der Waals surface area (Å²) < 4.78 is 15.7. The van der Waals surface area contributed by atoms with Gasteiger partial charge in [0.25, 0.3) is 0 Å². The molecule has 0 saturated carbocycles. The molecule has 0 radical (unpaired) electrons. The predicted octanol–water partition coefficient (Wildman–Crippen LogP) is 1.40. The summed E-state index contributed by atoms with van der Waals surface area (Å²) in [4.78, 5) is 15.5. The number of hydrogen-bond acceptors (Lipinski definition) is 6. The highest BCUT2D eigenvalue weighted by Crippen LogP contribution is 2.24. The van der Waals surface area contributed by atoms with Gasteiger partial charge in [-0.25, -0.2) is 9.78 Å². The van der Waals surface area contributed by atoms with Gasteiger partial charge in [-0.05, 0) is 25.3 Å². The van der Waals surface area contributed by atoms with Crippen LogP contribution in [0.3, 0.4) is 0 Å². The van der Waals surface area contributed by atoms with Crippen LogP contribution in [0.15, 0.2) is 12.3 Å². The molecule has 104 valence electrons. The number of carbonyl (C=O) groups excluding carboxylic acids is 1. The van der Waals surface area contributed by atoms with Gasteiger partial charge in [0.1, 0.15) is 12.3 Å². The summed E-state index contributed by atoms with van der Waals surface area (Å²) >= 11 is 0. The van der Waals surface area contributed by atoms with Crippen molar-refractivity contribution in [3.63, 3.8) is 0 Å². The molecule has 1 fully saturated rings. The molecule has 19 heavy (non-hydrogen) atoms. The number of anilines is 1. The first-order valence-corrected chi connectivity index (χ1v) is 6.29. The normalized spacial score (nSPS) is 18.9. The van der Waals surface area contributed by atoms with Crippen LogP contribution < -0.4 is 10.5 Å². The minimum Gasteiger partial charge on any atom is -0.473 e. The maximum atomic E-state index is 11.5. The maximum absolute atomic E-state index is 11.5. The molecule has 2 rings (SSSR count). The molecule has 1 atom stereocenters. The van der Waals surface area contributed by atoms with E-state index in [0.29, 0.717) is 6.61 Å². The van der Waals surface area contributed by atoms with E-state index >= 15 is 0 Å². The lowest BCUT2D eigenvalue weighted by atomic mass is 10.1. The molecule has 1 aliphatic rings. The zero-order valence-corrected chi connectivity index (χ0v) is 10.9. The second kappa shape index (κ2) is 6.38. The van der Waals surface area contributed by atoms with Crippen LogP contribution in [-0.2, 0) is 9.47 Å². The van der Waals surface area contributed by atoms with Gasteiger partial charge in [0.05, 0.1) is 18.8 Å². The van der Waals surface area contributed by atoms with Crippen molar-refractivity contribution in [3.05, 3.63) is 17.8 Å². The topological polar surface area (TPSA) is 83.7 Å². The Balaban J connectivity index is 2.01. The van der Waals surface area contributed by atoms with Crippen LogP contribution in [0.25, 0.3) is 0 Å². The van der Waals surface area contributed by atoms with Crippen molar-refractivity contribution in [1.29, 1.82) is 0 Å². The first-order valence-electron chi connectivity index (χ1n) is 6.29.